The van der Waals surface area contributed by atoms with Gasteiger partial charge in [0.1, 0.15) is 17.9 Å². The van der Waals surface area contributed by atoms with Gasteiger partial charge in [-0.05, 0) is 19.3 Å². The van der Waals surface area contributed by atoms with Crippen LogP contribution in [-0.2, 0) is 0 Å². The van der Waals surface area contributed by atoms with Crippen molar-refractivity contribution >= 4 is 17.0 Å². The highest BCUT2D eigenvalue weighted by Crippen LogP contribution is 2.56. The van der Waals surface area contributed by atoms with Crippen LogP contribution in [0.2, 0.25) is 0 Å². The van der Waals surface area contributed by atoms with Crippen LogP contribution >= 0.6 is 0 Å². The lowest BCUT2D eigenvalue weighted by atomic mass is 9.62. The Balaban J connectivity index is 1.78. The molecule has 4 rings (SSSR count). The van der Waals surface area contributed by atoms with E-state index in [0.717, 1.165) is 12.8 Å². The van der Waals surface area contributed by atoms with Crippen LogP contribution in [0.1, 0.15) is 25.3 Å². The van der Waals surface area contributed by atoms with Crippen LogP contribution in [0.25, 0.3) is 11.2 Å². The fourth-order valence-electron chi connectivity index (χ4n) is 3.86. The molecular weight excluding hydrogens is 272 g/mol. The number of nitrogens with zero attached hydrogens (tertiary/aromatic N) is 4. The summed E-state index contributed by atoms with van der Waals surface area (Å²) in [7, 11) is 0. The molecule has 0 amide bonds. The summed E-state index contributed by atoms with van der Waals surface area (Å²) in [5, 5.41) is 20.9. The number of hydrogen-bond acceptors (Lipinski definition) is 7. The van der Waals surface area contributed by atoms with E-state index in [0.29, 0.717) is 23.4 Å². The van der Waals surface area contributed by atoms with Gasteiger partial charge in [-0.2, -0.15) is 0 Å². The molecule has 21 heavy (non-hydrogen) atoms. The number of hydrogen-bond donors (Lipinski definition) is 4. The van der Waals surface area contributed by atoms with Crippen LogP contribution in [0, 0.1) is 5.41 Å². The Morgan fingerprint density at radius 1 is 1.29 bits per heavy atom. The highest BCUT2D eigenvalue weighted by atomic mass is 16.3. The number of nitrogens with two attached hydrogens (primary N) is 2. The molecule has 2 aromatic rings. The Morgan fingerprint density at radius 2 is 2.10 bits per heavy atom. The first-order valence-corrected chi connectivity index (χ1v) is 7.09. The summed E-state index contributed by atoms with van der Waals surface area (Å²) >= 11 is 0. The van der Waals surface area contributed by atoms with E-state index in [1.54, 1.807) is 10.9 Å². The van der Waals surface area contributed by atoms with Crippen molar-refractivity contribution in [3.05, 3.63) is 12.7 Å². The van der Waals surface area contributed by atoms with Crippen LogP contribution < -0.4 is 11.5 Å². The summed E-state index contributed by atoms with van der Waals surface area (Å²) in [5.74, 6) is 0.307. The first-order valence-electron chi connectivity index (χ1n) is 7.09. The van der Waals surface area contributed by atoms with Gasteiger partial charge in [-0.3, -0.25) is 0 Å². The molecule has 2 heterocycles. The molecule has 8 nitrogen and oxygen atoms in total. The zero-order chi connectivity index (χ0) is 14.8. The maximum Gasteiger partial charge on any atom is 0.165 e. The van der Waals surface area contributed by atoms with Gasteiger partial charge in [-0.1, -0.05) is 0 Å². The Hall–Kier alpha value is -1.77. The molecule has 5 atom stereocenters. The van der Waals surface area contributed by atoms with Gasteiger partial charge in [0.05, 0.1) is 18.5 Å². The van der Waals surface area contributed by atoms with Crippen molar-refractivity contribution in [3.63, 3.8) is 0 Å². The van der Waals surface area contributed by atoms with E-state index in [9.17, 15) is 10.2 Å². The zero-order valence-electron chi connectivity index (χ0n) is 11.4. The lowest BCUT2D eigenvalue weighted by Crippen LogP contribution is -2.56. The lowest BCUT2D eigenvalue weighted by molar-refractivity contribution is -0.0722. The predicted octanol–water partition coefficient (Wildman–Crippen LogP) is -0.817. The monoisotopic (exact) mass is 290 g/mol. The molecule has 2 saturated carbocycles. The van der Waals surface area contributed by atoms with Crippen LogP contribution in [0.15, 0.2) is 12.7 Å². The van der Waals surface area contributed by atoms with Gasteiger partial charge >= 0.3 is 0 Å². The quantitative estimate of drug-likeness (QED) is 0.538. The molecule has 0 bridgehead atoms. The van der Waals surface area contributed by atoms with Gasteiger partial charge < -0.3 is 26.2 Å². The highest BCUT2D eigenvalue weighted by molar-refractivity contribution is 5.81. The smallest absolute Gasteiger partial charge is 0.165 e. The number of aliphatic hydroxyl groups is 2. The van der Waals surface area contributed by atoms with Crippen LogP contribution in [-0.4, -0.2) is 48.0 Å². The average molecular weight is 290 g/mol. The molecular formula is C13H18N6O2. The Morgan fingerprint density at radius 3 is 2.71 bits per heavy atom. The van der Waals surface area contributed by atoms with Gasteiger partial charge in [0.25, 0.3) is 0 Å². The first-order chi connectivity index (χ1) is 10.0. The minimum Gasteiger partial charge on any atom is -0.390 e. The molecule has 2 aliphatic rings. The van der Waals surface area contributed by atoms with Gasteiger partial charge in [0, 0.05) is 11.5 Å². The highest BCUT2D eigenvalue weighted by Gasteiger charge is 2.60. The molecule has 0 aliphatic heterocycles. The van der Waals surface area contributed by atoms with E-state index >= 15 is 0 Å². The average Bonchev–Trinajstić information content (AvgIpc) is 3.01. The van der Waals surface area contributed by atoms with Crippen LogP contribution in [0.3, 0.4) is 0 Å². The predicted molar refractivity (Wildman–Crippen MR) is 75.0 cm³/mol. The number of aromatic nitrogens is 4. The minimum atomic E-state index is -0.884. The van der Waals surface area contributed by atoms with Crippen molar-refractivity contribution in [2.45, 2.75) is 43.6 Å². The lowest BCUT2D eigenvalue weighted by Gasteiger charge is -2.47. The van der Waals surface area contributed by atoms with Crippen LogP contribution in [0.5, 0.6) is 0 Å². The third-order valence-electron chi connectivity index (χ3n) is 5.30. The van der Waals surface area contributed by atoms with E-state index in [2.05, 4.69) is 15.0 Å². The van der Waals surface area contributed by atoms with Gasteiger partial charge in [0.15, 0.2) is 11.5 Å². The van der Waals surface area contributed by atoms with E-state index < -0.39 is 12.2 Å². The molecule has 2 fully saturated rings. The fourth-order valence-corrected chi connectivity index (χ4v) is 3.86. The minimum absolute atomic E-state index is 0.0679. The summed E-state index contributed by atoms with van der Waals surface area (Å²) in [4.78, 5) is 12.3. The molecule has 0 saturated heterocycles. The van der Waals surface area contributed by atoms with E-state index in [1.165, 1.54) is 6.33 Å². The maximum atomic E-state index is 10.4. The molecule has 8 heteroatoms. The molecule has 6 N–H and O–H groups in total. The van der Waals surface area contributed by atoms with Crippen molar-refractivity contribution in [2.24, 2.45) is 11.1 Å². The van der Waals surface area contributed by atoms with Crippen molar-refractivity contribution in [1.29, 1.82) is 0 Å². The third kappa shape index (κ3) is 1.52. The number of imidazole rings is 1. The maximum absolute atomic E-state index is 10.4. The molecule has 2 aliphatic carbocycles. The second kappa shape index (κ2) is 4.12. The molecule has 2 aromatic heterocycles. The summed E-state index contributed by atoms with van der Waals surface area (Å²) in [6, 6.07) is -0.368. The third-order valence-corrected chi connectivity index (χ3v) is 5.30. The topological polar surface area (TPSA) is 136 Å². The zero-order valence-corrected chi connectivity index (χ0v) is 11.4. The van der Waals surface area contributed by atoms with E-state index in [1.807, 2.05) is 0 Å². The Kier molecular flexibility index (Phi) is 2.54. The van der Waals surface area contributed by atoms with E-state index in [4.69, 9.17) is 11.5 Å². The second-order valence-electron chi connectivity index (χ2n) is 6.17. The summed E-state index contributed by atoms with van der Waals surface area (Å²) < 4.78 is 1.78. The molecule has 0 radical (unpaired) electrons. The fraction of sp³-hybridized carbons (Fsp3) is 0.615. The van der Waals surface area contributed by atoms with Gasteiger partial charge in [-0.15, -0.1) is 0 Å². The molecule has 2 unspecified atom stereocenters. The van der Waals surface area contributed by atoms with Crippen molar-refractivity contribution in [3.8, 4) is 0 Å². The summed E-state index contributed by atoms with van der Waals surface area (Å²) in [6.45, 7) is 0. The summed E-state index contributed by atoms with van der Waals surface area (Å²) in [6.07, 6.45) is 3.61. The van der Waals surface area contributed by atoms with Crippen molar-refractivity contribution < 1.29 is 10.2 Å². The molecule has 0 aromatic carbocycles. The van der Waals surface area contributed by atoms with E-state index in [-0.39, 0.29) is 17.5 Å². The normalized spacial score (nSPS) is 39.0. The van der Waals surface area contributed by atoms with Gasteiger partial charge in [-0.25, -0.2) is 15.0 Å². The number of anilines is 1. The van der Waals surface area contributed by atoms with Crippen molar-refractivity contribution in [2.75, 3.05) is 5.73 Å². The standard InChI is InChI=1S/C13H18N6O2/c14-7-1-2-13(7)3-6(9(20)10(13)21)19-5-18-8-11(15)16-4-17-12(8)19/h4-7,9-10,20-21H,1-3,14H2,(H2,15,16,17)/t6-,7-,9?,10?,13+/m1/s1. The van der Waals surface area contributed by atoms with Gasteiger partial charge in [0.2, 0.25) is 0 Å². The largest absolute Gasteiger partial charge is 0.390 e. The number of fused-ring (bicyclic) bond motifs is 1. The second-order valence-corrected chi connectivity index (χ2v) is 6.17. The van der Waals surface area contributed by atoms with Crippen LogP contribution in [0.4, 0.5) is 5.82 Å². The number of rotatable bonds is 1. The molecule has 1 spiro atoms. The number of nitrogen functional groups attached to an aromatic ring is 1. The summed E-state index contributed by atoms with van der Waals surface area (Å²) in [5.41, 5.74) is 12.6. The Bertz CT molecular complexity index is 703. The van der Waals surface area contributed by atoms with Crippen molar-refractivity contribution in [1.82, 2.24) is 19.5 Å². The SMILES string of the molecule is Nc1ncnc2c1ncn2[C@@H]1C[C@]2(CC[C@H]2N)C(O)C1O. The number of aliphatic hydroxyl groups excluding tert-OH is 2. The Labute approximate surface area is 120 Å². The molecule has 112 valence electrons. The first kappa shape index (κ1) is 12.9.